The third-order valence-electron chi connectivity index (χ3n) is 4.48. The van der Waals surface area contributed by atoms with Crippen LogP contribution >= 0.6 is 0 Å². The predicted octanol–water partition coefficient (Wildman–Crippen LogP) is 3.52. The number of nitrogens with zero attached hydrogens (tertiary/aromatic N) is 3. The Morgan fingerprint density at radius 1 is 1.20 bits per heavy atom. The average molecular weight is 405 g/mol. The lowest BCUT2D eigenvalue weighted by molar-refractivity contribution is 0.101. The lowest BCUT2D eigenvalue weighted by Crippen LogP contribution is -2.23. The van der Waals surface area contributed by atoms with E-state index in [0.717, 1.165) is 5.56 Å². The maximum atomic E-state index is 12.2. The number of aryl methyl sites for hydroxylation is 1. The van der Waals surface area contributed by atoms with Crippen LogP contribution in [0, 0.1) is 6.92 Å². The minimum Gasteiger partial charge on any atom is -0.497 e. The first-order chi connectivity index (χ1) is 14.4. The molecule has 0 amide bonds. The summed E-state index contributed by atoms with van der Waals surface area (Å²) in [6.45, 7) is 3.30. The summed E-state index contributed by atoms with van der Waals surface area (Å²) in [7, 11) is 1.53. The molecule has 0 fully saturated rings. The second-order valence-electron chi connectivity index (χ2n) is 6.64. The molecule has 0 aliphatic heterocycles. The molecule has 0 radical (unpaired) electrons. The number of nitrogens with one attached hydrogen (secondary N) is 2. The summed E-state index contributed by atoms with van der Waals surface area (Å²) in [5.41, 5.74) is 5.87. The van der Waals surface area contributed by atoms with E-state index in [2.05, 4.69) is 20.7 Å². The van der Waals surface area contributed by atoms with Crippen molar-refractivity contribution >= 4 is 34.3 Å². The molecule has 0 spiro atoms. The largest absolute Gasteiger partial charge is 0.497 e. The summed E-state index contributed by atoms with van der Waals surface area (Å²) < 4.78 is 11.8. The number of ether oxygens (including phenoxy) is 1. The molecule has 2 aromatic heterocycles. The van der Waals surface area contributed by atoms with Crippen LogP contribution in [0.2, 0.25) is 0 Å². The highest BCUT2D eigenvalue weighted by atomic mass is 16.5. The molecule has 0 aliphatic carbocycles. The molecule has 0 atom stereocenters. The number of para-hydroxylation sites is 2. The number of ketones is 1. The Balaban J connectivity index is 1.67. The van der Waals surface area contributed by atoms with E-state index in [4.69, 9.17) is 9.15 Å². The van der Waals surface area contributed by atoms with Crippen LogP contribution in [0.4, 0.5) is 17.5 Å². The van der Waals surface area contributed by atoms with Gasteiger partial charge in [-0.15, -0.1) is 0 Å². The van der Waals surface area contributed by atoms with E-state index < -0.39 is 5.76 Å². The topological polar surface area (TPSA) is 111 Å². The van der Waals surface area contributed by atoms with Gasteiger partial charge in [-0.1, -0.05) is 12.1 Å². The molecule has 0 aliphatic rings. The number of methoxy groups -OCH3 is 1. The molecule has 0 saturated carbocycles. The molecule has 4 aromatic rings. The van der Waals surface area contributed by atoms with Gasteiger partial charge in [-0.05, 0) is 38.1 Å². The number of hydrogen-bond donors (Lipinski definition) is 2. The van der Waals surface area contributed by atoms with Crippen molar-refractivity contribution in [1.29, 1.82) is 0 Å². The van der Waals surface area contributed by atoms with Gasteiger partial charge >= 0.3 is 5.76 Å². The first-order valence-corrected chi connectivity index (χ1v) is 9.13. The van der Waals surface area contributed by atoms with Crippen molar-refractivity contribution < 1.29 is 13.9 Å². The standard InChI is InChI=1S/C21H19N5O4/c1-12-11-22-20(23-15-8-14(13(2)27)9-16(10-15)29-3)24-19(12)25-26-17-6-4-5-7-18(17)30-21(26)28/h4-11H,1-3H3,(H2,22,23,24,25). The van der Waals surface area contributed by atoms with Crippen LogP contribution < -0.4 is 21.2 Å². The molecule has 0 saturated heterocycles. The van der Waals surface area contributed by atoms with Crippen LogP contribution in [0.3, 0.4) is 0 Å². The van der Waals surface area contributed by atoms with E-state index in [1.165, 1.54) is 18.7 Å². The van der Waals surface area contributed by atoms with Crippen LogP contribution in [0.5, 0.6) is 5.75 Å². The van der Waals surface area contributed by atoms with Gasteiger partial charge in [0.1, 0.15) is 11.3 Å². The maximum absolute atomic E-state index is 12.2. The van der Waals surface area contributed by atoms with Gasteiger partial charge in [0.25, 0.3) is 0 Å². The van der Waals surface area contributed by atoms with Crippen LogP contribution in [-0.4, -0.2) is 27.5 Å². The van der Waals surface area contributed by atoms with E-state index in [0.29, 0.717) is 33.9 Å². The summed E-state index contributed by atoms with van der Waals surface area (Å²) in [6, 6.07) is 12.2. The zero-order chi connectivity index (χ0) is 21.3. The number of oxazole rings is 1. The van der Waals surface area contributed by atoms with Crippen LogP contribution in [-0.2, 0) is 0 Å². The molecule has 0 bridgehead atoms. The summed E-state index contributed by atoms with van der Waals surface area (Å²) in [6.07, 6.45) is 1.62. The van der Waals surface area contributed by atoms with Gasteiger partial charge < -0.3 is 14.5 Å². The van der Waals surface area contributed by atoms with E-state index in [-0.39, 0.29) is 11.7 Å². The average Bonchev–Trinajstić information content (AvgIpc) is 3.05. The van der Waals surface area contributed by atoms with E-state index in [1.54, 1.807) is 42.6 Å². The summed E-state index contributed by atoms with van der Waals surface area (Å²) in [5, 5.41) is 3.07. The van der Waals surface area contributed by atoms with Crippen molar-refractivity contribution in [3.05, 3.63) is 70.3 Å². The smallest absolute Gasteiger partial charge is 0.439 e. The van der Waals surface area contributed by atoms with Crippen LogP contribution in [0.15, 0.2) is 57.9 Å². The van der Waals surface area contributed by atoms with Crippen molar-refractivity contribution in [2.45, 2.75) is 13.8 Å². The number of rotatable bonds is 6. The van der Waals surface area contributed by atoms with Gasteiger partial charge in [-0.3, -0.25) is 10.2 Å². The first-order valence-electron chi connectivity index (χ1n) is 9.13. The lowest BCUT2D eigenvalue weighted by Gasteiger charge is -2.12. The number of hydrogen-bond acceptors (Lipinski definition) is 8. The Morgan fingerprint density at radius 2 is 2.00 bits per heavy atom. The SMILES string of the molecule is COc1cc(Nc2ncc(C)c(Nn3c(=O)oc4ccccc43)n2)cc(C(C)=O)c1. The van der Waals surface area contributed by atoms with Crippen molar-refractivity contribution in [2.24, 2.45) is 0 Å². The highest BCUT2D eigenvalue weighted by molar-refractivity contribution is 5.95. The molecule has 4 rings (SSSR count). The number of fused-ring (bicyclic) bond motifs is 1. The zero-order valence-electron chi connectivity index (χ0n) is 16.6. The zero-order valence-corrected chi connectivity index (χ0v) is 16.6. The molecular formula is C21H19N5O4. The molecule has 2 aromatic carbocycles. The van der Waals surface area contributed by atoms with E-state index in [9.17, 15) is 9.59 Å². The van der Waals surface area contributed by atoms with Gasteiger partial charge in [-0.25, -0.2) is 9.78 Å². The Labute approximate surface area is 171 Å². The Kier molecular flexibility index (Phi) is 4.93. The van der Waals surface area contributed by atoms with Gasteiger partial charge in [0.05, 0.1) is 7.11 Å². The molecule has 2 heterocycles. The Hall–Kier alpha value is -4.14. The minimum absolute atomic E-state index is 0.0876. The van der Waals surface area contributed by atoms with Gasteiger partial charge in [-0.2, -0.15) is 9.66 Å². The quantitative estimate of drug-likeness (QED) is 0.469. The highest BCUT2D eigenvalue weighted by Crippen LogP contribution is 2.24. The molecule has 30 heavy (non-hydrogen) atoms. The number of benzene rings is 2. The molecule has 0 unspecified atom stereocenters. The number of carbonyl (C=O) groups is 1. The van der Waals surface area contributed by atoms with E-state index in [1.807, 2.05) is 13.0 Å². The number of Topliss-reactive ketones (excluding diaryl/α,β-unsaturated/α-hetero) is 1. The fourth-order valence-electron chi connectivity index (χ4n) is 2.91. The second-order valence-corrected chi connectivity index (χ2v) is 6.64. The number of carbonyl (C=O) groups excluding carboxylic acids is 1. The van der Waals surface area contributed by atoms with Crippen molar-refractivity contribution in [3.63, 3.8) is 0 Å². The van der Waals surface area contributed by atoms with Crippen molar-refractivity contribution in [2.75, 3.05) is 17.9 Å². The van der Waals surface area contributed by atoms with Crippen LogP contribution in [0.25, 0.3) is 11.1 Å². The summed E-state index contributed by atoms with van der Waals surface area (Å²) in [5.74, 6) is 0.604. The third-order valence-corrected chi connectivity index (χ3v) is 4.48. The minimum atomic E-state index is -0.553. The fraction of sp³-hybridized carbons (Fsp3) is 0.143. The third kappa shape index (κ3) is 3.72. The van der Waals surface area contributed by atoms with Gasteiger partial charge in [0, 0.05) is 29.1 Å². The maximum Gasteiger partial charge on any atom is 0.439 e. The summed E-state index contributed by atoms with van der Waals surface area (Å²) >= 11 is 0. The van der Waals surface area contributed by atoms with Crippen molar-refractivity contribution in [1.82, 2.24) is 14.6 Å². The predicted molar refractivity (Wildman–Crippen MR) is 113 cm³/mol. The van der Waals surface area contributed by atoms with Gasteiger partial charge in [0.15, 0.2) is 17.2 Å². The monoisotopic (exact) mass is 405 g/mol. The van der Waals surface area contributed by atoms with Gasteiger partial charge in [0.2, 0.25) is 5.95 Å². The highest BCUT2D eigenvalue weighted by Gasteiger charge is 2.12. The Bertz CT molecular complexity index is 1310. The second kappa shape index (κ2) is 7.70. The molecule has 9 nitrogen and oxygen atoms in total. The number of aromatic nitrogens is 3. The Morgan fingerprint density at radius 3 is 2.77 bits per heavy atom. The number of anilines is 3. The van der Waals surface area contributed by atoms with Crippen molar-refractivity contribution in [3.8, 4) is 5.75 Å². The molecule has 9 heteroatoms. The fourth-order valence-corrected chi connectivity index (χ4v) is 2.91. The summed E-state index contributed by atoms with van der Waals surface area (Å²) in [4.78, 5) is 32.7. The van der Waals surface area contributed by atoms with E-state index >= 15 is 0 Å². The molecule has 152 valence electrons. The first kappa shape index (κ1) is 19.2. The lowest BCUT2D eigenvalue weighted by atomic mass is 10.1. The van der Waals surface area contributed by atoms with Crippen LogP contribution in [0.1, 0.15) is 22.8 Å². The normalized spacial score (nSPS) is 10.8. The molecule has 2 N–H and O–H groups in total. The molecular weight excluding hydrogens is 386 g/mol.